The summed E-state index contributed by atoms with van der Waals surface area (Å²) in [6, 6.07) is 22.8. The Labute approximate surface area is 178 Å². The highest BCUT2D eigenvalue weighted by Crippen LogP contribution is 2.22. The lowest BCUT2D eigenvalue weighted by Crippen LogP contribution is -2.54. The van der Waals surface area contributed by atoms with Crippen LogP contribution in [0.2, 0.25) is 0 Å². The van der Waals surface area contributed by atoms with Gasteiger partial charge in [0.2, 0.25) is 0 Å². The van der Waals surface area contributed by atoms with E-state index in [9.17, 15) is 14.0 Å². The number of hydrogen-bond donors (Lipinski definition) is 1. The van der Waals surface area contributed by atoms with Crippen molar-refractivity contribution in [1.29, 1.82) is 0 Å². The van der Waals surface area contributed by atoms with Crippen molar-refractivity contribution in [3.63, 3.8) is 0 Å². The minimum atomic E-state index is -0.527. The van der Waals surface area contributed by atoms with Crippen LogP contribution >= 0.6 is 12.2 Å². The highest BCUT2D eigenvalue weighted by atomic mass is 32.1. The van der Waals surface area contributed by atoms with Gasteiger partial charge in [0.25, 0.3) is 11.8 Å². The van der Waals surface area contributed by atoms with Gasteiger partial charge in [-0.3, -0.25) is 19.8 Å². The fraction of sp³-hybridized carbons (Fsp3) is 0.0417. The van der Waals surface area contributed by atoms with Crippen LogP contribution in [0.4, 0.5) is 10.1 Å². The summed E-state index contributed by atoms with van der Waals surface area (Å²) in [4.78, 5) is 26.7. The average Bonchev–Trinajstić information content (AvgIpc) is 2.73. The monoisotopic (exact) mass is 416 g/mol. The van der Waals surface area contributed by atoms with E-state index in [2.05, 4.69) is 5.32 Å². The zero-order valence-corrected chi connectivity index (χ0v) is 16.7. The Bertz CT molecular complexity index is 1160. The van der Waals surface area contributed by atoms with Gasteiger partial charge in [0, 0.05) is 0 Å². The van der Waals surface area contributed by atoms with Gasteiger partial charge in [0.15, 0.2) is 5.11 Å². The second kappa shape index (κ2) is 8.39. The Hall–Kier alpha value is -3.64. The van der Waals surface area contributed by atoms with Crippen LogP contribution in [0.15, 0.2) is 84.4 Å². The molecule has 0 saturated carbocycles. The summed E-state index contributed by atoms with van der Waals surface area (Å²) < 4.78 is 13.4. The third-order valence-corrected chi connectivity index (χ3v) is 4.99. The number of rotatable bonds is 4. The molecule has 1 saturated heterocycles. The molecule has 4 rings (SSSR count). The number of para-hydroxylation sites is 1. The fourth-order valence-corrected chi connectivity index (χ4v) is 3.53. The second-order valence-electron chi connectivity index (χ2n) is 6.84. The van der Waals surface area contributed by atoms with E-state index in [1.807, 2.05) is 36.4 Å². The number of halogens is 1. The number of benzene rings is 3. The predicted molar refractivity (Wildman–Crippen MR) is 118 cm³/mol. The number of hydrogen-bond acceptors (Lipinski definition) is 3. The van der Waals surface area contributed by atoms with E-state index in [-0.39, 0.29) is 16.5 Å². The third kappa shape index (κ3) is 4.18. The van der Waals surface area contributed by atoms with Crippen LogP contribution in [-0.2, 0) is 16.0 Å². The van der Waals surface area contributed by atoms with Gasteiger partial charge < -0.3 is 0 Å². The van der Waals surface area contributed by atoms with Gasteiger partial charge in [-0.2, -0.15) is 0 Å². The summed E-state index contributed by atoms with van der Waals surface area (Å²) in [5, 5.41) is 2.63. The smallest absolute Gasteiger partial charge is 0.270 e. The molecule has 1 fully saturated rings. The van der Waals surface area contributed by atoms with Crippen LogP contribution in [0.1, 0.15) is 16.7 Å². The summed E-state index contributed by atoms with van der Waals surface area (Å²) in [6.45, 7) is 0. The van der Waals surface area contributed by atoms with Crippen molar-refractivity contribution < 1.29 is 14.0 Å². The van der Waals surface area contributed by atoms with Gasteiger partial charge in [0.1, 0.15) is 11.4 Å². The number of nitrogens with one attached hydrogen (secondary N) is 1. The molecule has 1 heterocycles. The molecule has 4 nitrogen and oxygen atoms in total. The lowest BCUT2D eigenvalue weighted by Gasteiger charge is -2.28. The first kappa shape index (κ1) is 19.7. The number of nitrogens with zero attached hydrogens (tertiary/aromatic N) is 1. The van der Waals surface area contributed by atoms with Crippen LogP contribution in [0.5, 0.6) is 0 Å². The third-order valence-electron chi connectivity index (χ3n) is 4.70. The first-order valence-corrected chi connectivity index (χ1v) is 9.72. The van der Waals surface area contributed by atoms with Crippen molar-refractivity contribution >= 4 is 40.9 Å². The van der Waals surface area contributed by atoms with Crippen molar-refractivity contribution in [2.45, 2.75) is 6.42 Å². The quantitative estimate of drug-likeness (QED) is 0.393. The summed E-state index contributed by atoms with van der Waals surface area (Å²) in [6.07, 6.45) is 2.13. The molecule has 0 atom stereocenters. The van der Waals surface area contributed by atoms with Crippen LogP contribution in [0, 0.1) is 5.82 Å². The van der Waals surface area contributed by atoms with Crippen LogP contribution in [0.25, 0.3) is 6.08 Å². The zero-order valence-electron chi connectivity index (χ0n) is 15.8. The number of anilines is 1. The van der Waals surface area contributed by atoms with Gasteiger partial charge in [0.05, 0.1) is 5.69 Å². The molecule has 0 aliphatic carbocycles. The highest BCUT2D eigenvalue weighted by molar-refractivity contribution is 7.80. The number of carbonyl (C=O) groups is 2. The molecule has 0 aromatic heterocycles. The molecular formula is C24H17FN2O2S. The maximum absolute atomic E-state index is 13.4. The van der Waals surface area contributed by atoms with E-state index in [1.54, 1.807) is 36.4 Å². The van der Waals surface area contributed by atoms with Crippen molar-refractivity contribution in [3.05, 3.63) is 107 Å². The van der Waals surface area contributed by atoms with Crippen LogP contribution in [0.3, 0.4) is 0 Å². The highest BCUT2D eigenvalue weighted by Gasteiger charge is 2.34. The van der Waals surface area contributed by atoms with Crippen molar-refractivity contribution in [2.75, 3.05) is 4.90 Å². The van der Waals surface area contributed by atoms with Gasteiger partial charge in [-0.25, -0.2) is 4.39 Å². The maximum atomic E-state index is 13.4. The van der Waals surface area contributed by atoms with E-state index in [0.29, 0.717) is 17.7 Å². The van der Waals surface area contributed by atoms with Gasteiger partial charge in [-0.15, -0.1) is 0 Å². The molecule has 0 spiro atoms. The Morgan fingerprint density at radius 3 is 2.33 bits per heavy atom. The van der Waals surface area contributed by atoms with Gasteiger partial charge in [-0.1, -0.05) is 54.6 Å². The summed E-state index contributed by atoms with van der Waals surface area (Å²) in [7, 11) is 0. The number of amides is 2. The Morgan fingerprint density at radius 2 is 1.63 bits per heavy atom. The summed E-state index contributed by atoms with van der Waals surface area (Å²) >= 11 is 5.19. The SMILES string of the molecule is O=C1NC(=S)N(c2ccccc2)C(=O)/C1=C\c1ccc(Cc2cccc(F)c2)cc1. The van der Waals surface area contributed by atoms with Crippen LogP contribution in [-0.4, -0.2) is 16.9 Å². The van der Waals surface area contributed by atoms with E-state index >= 15 is 0 Å². The summed E-state index contributed by atoms with van der Waals surface area (Å²) in [5.41, 5.74) is 3.16. The predicted octanol–water partition coefficient (Wildman–Crippen LogP) is 4.25. The first-order valence-electron chi connectivity index (χ1n) is 9.31. The second-order valence-corrected chi connectivity index (χ2v) is 7.23. The average molecular weight is 416 g/mol. The minimum Gasteiger partial charge on any atom is -0.298 e. The van der Waals surface area contributed by atoms with Crippen molar-refractivity contribution in [2.24, 2.45) is 0 Å². The molecule has 6 heteroatoms. The van der Waals surface area contributed by atoms with Gasteiger partial charge >= 0.3 is 0 Å². The maximum Gasteiger partial charge on any atom is 0.270 e. The molecule has 148 valence electrons. The van der Waals surface area contributed by atoms with E-state index in [4.69, 9.17) is 12.2 Å². The lowest BCUT2D eigenvalue weighted by atomic mass is 10.0. The van der Waals surface area contributed by atoms with Crippen molar-refractivity contribution in [3.8, 4) is 0 Å². The minimum absolute atomic E-state index is 0.00494. The Morgan fingerprint density at radius 1 is 0.900 bits per heavy atom. The zero-order chi connectivity index (χ0) is 21.1. The normalized spacial score (nSPS) is 15.4. The van der Waals surface area contributed by atoms with E-state index in [1.165, 1.54) is 17.0 Å². The largest absolute Gasteiger partial charge is 0.298 e. The van der Waals surface area contributed by atoms with E-state index in [0.717, 1.165) is 11.1 Å². The molecule has 0 radical (unpaired) electrons. The lowest BCUT2D eigenvalue weighted by molar-refractivity contribution is -0.122. The molecule has 0 unspecified atom stereocenters. The number of carbonyl (C=O) groups excluding carboxylic acids is 2. The molecule has 2 amide bonds. The standard InChI is InChI=1S/C24H17FN2O2S/c25-19-6-4-5-18(14-19)13-16-9-11-17(12-10-16)15-21-22(28)26-24(30)27(23(21)29)20-7-2-1-3-8-20/h1-12,14-15H,13H2,(H,26,28,30)/b21-15-. The molecule has 3 aromatic carbocycles. The van der Waals surface area contributed by atoms with Crippen molar-refractivity contribution in [1.82, 2.24) is 5.32 Å². The molecule has 1 aliphatic heterocycles. The topological polar surface area (TPSA) is 49.4 Å². The molecular weight excluding hydrogens is 399 g/mol. The molecule has 3 aromatic rings. The van der Waals surface area contributed by atoms with Gasteiger partial charge in [-0.05, 0) is 65.7 Å². The molecule has 1 aliphatic rings. The molecule has 0 bridgehead atoms. The molecule has 1 N–H and O–H groups in total. The van der Waals surface area contributed by atoms with Crippen LogP contribution < -0.4 is 10.2 Å². The Kier molecular flexibility index (Phi) is 5.50. The summed E-state index contributed by atoms with van der Waals surface area (Å²) in [5.74, 6) is -1.27. The Balaban J connectivity index is 1.57. The number of thiocarbonyl (C=S) groups is 1. The van der Waals surface area contributed by atoms with E-state index < -0.39 is 11.8 Å². The first-order chi connectivity index (χ1) is 14.5. The molecule has 30 heavy (non-hydrogen) atoms. The fourth-order valence-electron chi connectivity index (χ4n) is 3.25.